The molecule has 3 aromatic rings. The Balaban J connectivity index is 1.57. The molecule has 3 heterocycles. The molecule has 140 valence electrons. The van der Waals surface area contributed by atoms with Gasteiger partial charge >= 0.3 is 5.69 Å². The molecule has 1 atom stereocenters. The van der Waals surface area contributed by atoms with Crippen LogP contribution < -0.4 is 5.69 Å². The zero-order chi connectivity index (χ0) is 18.8. The SMILES string of the molecule is CCn1c(=O)n(CC(=O)N2CCC[C@H](c3ccccc3)C2)c2cccnc21. The monoisotopic (exact) mass is 364 g/mol. The Morgan fingerprint density at radius 2 is 1.96 bits per heavy atom. The minimum Gasteiger partial charge on any atom is -0.341 e. The van der Waals surface area contributed by atoms with Crippen LogP contribution in [0.4, 0.5) is 0 Å². The molecule has 1 amide bonds. The summed E-state index contributed by atoms with van der Waals surface area (Å²) in [6.45, 7) is 3.98. The van der Waals surface area contributed by atoms with Crippen LogP contribution >= 0.6 is 0 Å². The predicted molar refractivity (Wildman–Crippen MR) is 105 cm³/mol. The second-order valence-corrected chi connectivity index (χ2v) is 7.05. The lowest BCUT2D eigenvalue weighted by Crippen LogP contribution is -2.42. The van der Waals surface area contributed by atoms with Gasteiger partial charge in [0.1, 0.15) is 6.54 Å². The maximum Gasteiger partial charge on any atom is 0.330 e. The number of aryl methyl sites for hydroxylation is 1. The number of fused-ring (bicyclic) bond motifs is 1. The first-order valence-electron chi connectivity index (χ1n) is 9.55. The average Bonchev–Trinajstić information content (AvgIpc) is 2.99. The number of aromatic nitrogens is 3. The van der Waals surface area contributed by atoms with Crippen molar-refractivity contribution in [2.75, 3.05) is 13.1 Å². The van der Waals surface area contributed by atoms with E-state index in [2.05, 4.69) is 17.1 Å². The lowest BCUT2D eigenvalue weighted by atomic mass is 9.90. The first kappa shape index (κ1) is 17.5. The van der Waals surface area contributed by atoms with E-state index in [1.807, 2.05) is 36.1 Å². The summed E-state index contributed by atoms with van der Waals surface area (Å²) in [7, 11) is 0. The predicted octanol–water partition coefficient (Wildman–Crippen LogP) is 2.62. The van der Waals surface area contributed by atoms with E-state index in [4.69, 9.17) is 0 Å². The van der Waals surface area contributed by atoms with Crippen LogP contribution in [0.25, 0.3) is 11.2 Å². The fraction of sp³-hybridized carbons (Fsp3) is 0.381. The molecule has 0 N–H and O–H groups in total. The van der Waals surface area contributed by atoms with Crippen molar-refractivity contribution in [1.82, 2.24) is 19.0 Å². The molecular formula is C21H24N4O2. The Kier molecular flexibility index (Phi) is 4.79. The van der Waals surface area contributed by atoms with Gasteiger partial charge in [0.15, 0.2) is 5.65 Å². The lowest BCUT2D eigenvalue weighted by Gasteiger charge is -2.33. The molecule has 2 aromatic heterocycles. The maximum absolute atomic E-state index is 13.0. The Labute approximate surface area is 158 Å². The Morgan fingerprint density at radius 1 is 1.15 bits per heavy atom. The molecule has 0 aliphatic carbocycles. The van der Waals surface area contributed by atoms with E-state index in [-0.39, 0.29) is 18.1 Å². The minimum absolute atomic E-state index is 0.00302. The van der Waals surface area contributed by atoms with Crippen molar-refractivity contribution >= 4 is 17.1 Å². The van der Waals surface area contributed by atoms with Crippen molar-refractivity contribution in [3.05, 3.63) is 64.7 Å². The molecule has 27 heavy (non-hydrogen) atoms. The highest BCUT2D eigenvalue weighted by molar-refractivity contribution is 5.79. The number of hydrogen-bond acceptors (Lipinski definition) is 3. The molecule has 1 aliphatic rings. The smallest absolute Gasteiger partial charge is 0.330 e. The number of likely N-dealkylation sites (tertiary alicyclic amines) is 1. The van der Waals surface area contributed by atoms with Gasteiger partial charge in [-0.05, 0) is 37.5 Å². The average molecular weight is 364 g/mol. The summed E-state index contributed by atoms with van der Waals surface area (Å²) in [5, 5.41) is 0. The standard InChI is InChI=1S/C21H24N4O2/c1-2-24-20-18(11-6-12-22-20)25(21(24)27)15-19(26)23-13-7-10-17(14-23)16-8-4-3-5-9-16/h3-6,8-9,11-12,17H,2,7,10,13-15H2,1H3/t17-/m0/s1. The van der Waals surface area contributed by atoms with Gasteiger partial charge in [0, 0.05) is 31.7 Å². The van der Waals surface area contributed by atoms with E-state index in [1.54, 1.807) is 21.4 Å². The van der Waals surface area contributed by atoms with Gasteiger partial charge in [0.25, 0.3) is 0 Å². The van der Waals surface area contributed by atoms with Crippen molar-refractivity contribution in [2.45, 2.75) is 38.8 Å². The summed E-state index contributed by atoms with van der Waals surface area (Å²) < 4.78 is 3.17. The van der Waals surface area contributed by atoms with Gasteiger partial charge in [-0.3, -0.25) is 13.9 Å². The van der Waals surface area contributed by atoms with Crippen LogP contribution in [0, 0.1) is 0 Å². The summed E-state index contributed by atoms with van der Waals surface area (Å²) in [6.07, 6.45) is 3.75. The second kappa shape index (κ2) is 7.39. The molecule has 0 unspecified atom stereocenters. The number of nitrogens with zero attached hydrogens (tertiary/aromatic N) is 4. The van der Waals surface area contributed by atoms with Crippen molar-refractivity contribution in [3.63, 3.8) is 0 Å². The van der Waals surface area contributed by atoms with E-state index in [9.17, 15) is 9.59 Å². The third-order valence-corrected chi connectivity index (χ3v) is 5.43. The second-order valence-electron chi connectivity index (χ2n) is 7.05. The fourth-order valence-corrected chi connectivity index (χ4v) is 4.02. The highest BCUT2D eigenvalue weighted by Gasteiger charge is 2.26. The Hall–Kier alpha value is -2.89. The van der Waals surface area contributed by atoms with Gasteiger partial charge in [-0.25, -0.2) is 9.78 Å². The molecule has 0 bridgehead atoms. The highest BCUT2D eigenvalue weighted by atomic mass is 16.2. The summed E-state index contributed by atoms with van der Waals surface area (Å²) in [5.41, 5.74) is 2.46. The Morgan fingerprint density at radius 3 is 2.74 bits per heavy atom. The van der Waals surface area contributed by atoms with Gasteiger partial charge < -0.3 is 4.90 Å². The van der Waals surface area contributed by atoms with Gasteiger partial charge in [0.2, 0.25) is 5.91 Å². The van der Waals surface area contributed by atoms with Gasteiger partial charge in [-0.1, -0.05) is 30.3 Å². The summed E-state index contributed by atoms with van der Waals surface area (Å²) in [4.78, 5) is 31.9. The van der Waals surface area contributed by atoms with Crippen LogP contribution in [0.3, 0.4) is 0 Å². The normalized spacial score (nSPS) is 17.4. The highest BCUT2D eigenvalue weighted by Crippen LogP contribution is 2.26. The largest absolute Gasteiger partial charge is 0.341 e. The Bertz CT molecular complexity index is 1010. The molecule has 1 fully saturated rings. The van der Waals surface area contributed by atoms with E-state index in [0.29, 0.717) is 30.2 Å². The molecule has 4 rings (SSSR count). The number of piperidine rings is 1. The number of rotatable bonds is 4. The van der Waals surface area contributed by atoms with Crippen LogP contribution in [0.1, 0.15) is 31.2 Å². The number of hydrogen-bond donors (Lipinski definition) is 0. The maximum atomic E-state index is 13.0. The van der Waals surface area contributed by atoms with Gasteiger partial charge in [0.05, 0.1) is 5.52 Å². The molecule has 0 spiro atoms. The molecule has 6 nitrogen and oxygen atoms in total. The zero-order valence-corrected chi connectivity index (χ0v) is 15.5. The van der Waals surface area contributed by atoms with Gasteiger partial charge in [-0.15, -0.1) is 0 Å². The molecule has 1 aromatic carbocycles. The van der Waals surface area contributed by atoms with Crippen LogP contribution in [0.5, 0.6) is 0 Å². The van der Waals surface area contributed by atoms with Crippen LogP contribution in [0.15, 0.2) is 53.5 Å². The van der Waals surface area contributed by atoms with Crippen molar-refractivity contribution in [1.29, 1.82) is 0 Å². The molecule has 6 heteroatoms. The summed E-state index contributed by atoms with van der Waals surface area (Å²) in [6, 6.07) is 14.0. The number of imidazole rings is 1. The van der Waals surface area contributed by atoms with Crippen molar-refractivity contribution in [2.24, 2.45) is 0 Å². The number of pyridine rings is 1. The molecular weight excluding hydrogens is 340 g/mol. The molecule has 1 saturated heterocycles. The third-order valence-electron chi connectivity index (χ3n) is 5.43. The van der Waals surface area contributed by atoms with E-state index >= 15 is 0 Å². The van der Waals surface area contributed by atoms with Crippen molar-refractivity contribution < 1.29 is 4.79 Å². The molecule has 1 aliphatic heterocycles. The van der Waals surface area contributed by atoms with Crippen LogP contribution in [-0.4, -0.2) is 38.0 Å². The minimum atomic E-state index is -0.170. The van der Waals surface area contributed by atoms with E-state index in [0.717, 1.165) is 19.4 Å². The number of benzene rings is 1. The number of carbonyl (C=O) groups excluding carboxylic acids is 1. The first-order valence-corrected chi connectivity index (χ1v) is 9.55. The fourth-order valence-electron chi connectivity index (χ4n) is 4.02. The van der Waals surface area contributed by atoms with E-state index < -0.39 is 0 Å². The summed E-state index contributed by atoms with van der Waals surface area (Å²) >= 11 is 0. The van der Waals surface area contributed by atoms with Crippen LogP contribution in [-0.2, 0) is 17.9 Å². The van der Waals surface area contributed by atoms with Gasteiger partial charge in [-0.2, -0.15) is 0 Å². The number of amides is 1. The number of carbonyl (C=O) groups is 1. The first-order chi connectivity index (χ1) is 13.2. The topological polar surface area (TPSA) is 60.1 Å². The summed E-state index contributed by atoms with van der Waals surface area (Å²) in [5.74, 6) is 0.357. The molecule has 0 saturated carbocycles. The lowest BCUT2D eigenvalue weighted by molar-refractivity contribution is -0.133. The van der Waals surface area contributed by atoms with Crippen LogP contribution in [0.2, 0.25) is 0 Å². The zero-order valence-electron chi connectivity index (χ0n) is 15.5. The van der Waals surface area contributed by atoms with E-state index in [1.165, 1.54) is 5.56 Å². The van der Waals surface area contributed by atoms with Crippen molar-refractivity contribution in [3.8, 4) is 0 Å². The molecule has 0 radical (unpaired) electrons. The third kappa shape index (κ3) is 3.27. The quantitative estimate of drug-likeness (QED) is 0.715.